The fraction of sp³-hybridized carbons (Fsp3) is 0.256. The number of rotatable bonds is 16. The Morgan fingerprint density at radius 3 is 1.43 bits per heavy atom. The topological polar surface area (TPSA) is 85.3 Å². The van der Waals surface area contributed by atoms with Crippen molar-refractivity contribution >= 4 is 41.0 Å². The van der Waals surface area contributed by atoms with E-state index in [0.717, 1.165) is 68.6 Å². The minimum atomic E-state index is -1.92. The summed E-state index contributed by atoms with van der Waals surface area (Å²) in [5.74, 6) is -16.9. The van der Waals surface area contributed by atoms with Crippen LogP contribution in [0.5, 0.6) is 11.5 Å². The van der Waals surface area contributed by atoms with Crippen molar-refractivity contribution in [3.63, 3.8) is 0 Å². The van der Waals surface area contributed by atoms with Crippen molar-refractivity contribution in [2.24, 2.45) is 0 Å². The molecule has 0 aliphatic heterocycles. The summed E-state index contributed by atoms with van der Waals surface area (Å²) in [6.45, 7) is 6.08. The zero-order valence-electron chi connectivity index (χ0n) is 30.2. The van der Waals surface area contributed by atoms with Crippen LogP contribution in [0.3, 0.4) is 0 Å². The Balaban J connectivity index is 1.34. The van der Waals surface area contributed by atoms with E-state index in [2.05, 4.69) is 15.0 Å². The maximum Gasteiger partial charge on any atom is 0.230 e. The van der Waals surface area contributed by atoms with Crippen molar-refractivity contribution in [3.05, 3.63) is 123 Å². The number of anilines is 1. The van der Waals surface area contributed by atoms with E-state index in [1.54, 1.807) is 6.26 Å². The van der Waals surface area contributed by atoms with Gasteiger partial charge in [0.15, 0.2) is 68.4 Å². The average molecular weight is 821 g/mol. The first-order valence-corrected chi connectivity index (χ1v) is 19.1. The molecule has 5 rings (SSSR count). The maximum atomic E-state index is 15.5. The molecule has 0 saturated carbocycles. The van der Waals surface area contributed by atoms with E-state index in [-0.39, 0.29) is 50.6 Å². The van der Waals surface area contributed by atoms with E-state index in [1.165, 1.54) is 24.3 Å². The molecule has 1 heterocycles. The third-order valence-electron chi connectivity index (χ3n) is 8.43. The molecule has 0 fully saturated rings. The Hall–Kier alpha value is -5.03. The zero-order valence-corrected chi connectivity index (χ0v) is 31.8. The normalized spacial score (nSPS) is 11.2. The highest BCUT2D eigenvalue weighted by Crippen LogP contribution is 2.37. The van der Waals surface area contributed by atoms with E-state index in [1.807, 2.05) is 18.7 Å². The van der Waals surface area contributed by atoms with Gasteiger partial charge in [-0.25, -0.2) is 35.1 Å². The van der Waals surface area contributed by atoms with E-state index >= 15 is 17.6 Å². The largest absolute Gasteiger partial charge is 0.457 e. The average Bonchev–Trinajstić information content (AvgIpc) is 3.20. The molecule has 17 heteroatoms. The summed E-state index contributed by atoms with van der Waals surface area (Å²) in [4.78, 5) is 39.7. The number of nitrogens with zero attached hydrogens (tertiary/aromatic N) is 4. The van der Waals surface area contributed by atoms with Crippen molar-refractivity contribution in [2.45, 2.75) is 61.7 Å². The lowest BCUT2D eigenvalue weighted by Gasteiger charge is -2.22. The molecular formula is C39H32F8N4O3S2. The van der Waals surface area contributed by atoms with Gasteiger partial charge < -0.3 is 9.64 Å². The molecule has 5 aromatic rings. The van der Waals surface area contributed by atoms with Crippen molar-refractivity contribution < 1.29 is 49.4 Å². The van der Waals surface area contributed by atoms with Crippen LogP contribution in [0.15, 0.2) is 63.7 Å². The fourth-order valence-corrected chi connectivity index (χ4v) is 6.53. The van der Waals surface area contributed by atoms with Gasteiger partial charge >= 0.3 is 0 Å². The van der Waals surface area contributed by atoms with Crippen LogP contribution in [0.25, 0.3) is 0 Å². The number of hydrogen-bond acceptors (Lipinski definition) is 9. The fourth-order valence-electron chi connectivity index (χ4n) is 5.32. The first kappa shape index (κ1) is 42.1. The molecule has 0 atom stereocenters. The molecule has 0 unspecified atom stereocenters. The summed E-state index contributed by atoms with van der Waals surface area (Å²) in [7, 11) is 0. The molecule has 1 aromatic heterocycles. The highest BCUT2D eigenvalue weighted by Gasteiger charge is 2.32. The Labute approximate surface area is 324 Å². The zero-order chi connectivity index (χ0) is 40.8. The number of hydrogen-bond donors (Lipinski definition) is 0. The highest BCUT2D eigenvalue weighted by molar-refractivity contribution is 7.99. The number of unbranched alkanes of at least 4 members (excludes halogenated alkanes) is 2. The molecule has 0 N–H and O–H groups in total. The van der Waals surface area contributed by atoms with Crippen molar-refractivity contribution in [2.75, 3.05) is 24.2 Å². The number of thioether (sulfide) groups is 1. The van der Waals surface area contributed by atoms with Gasteiger partial charge in [0.05, 0.1) is 4.90 Å². The van der Waals surface area contributed by atoms with E-state index in [0.29, 0.717) is 13.1 Å². The van der Waals surface area contributed by atoms with Gasteiger partial charge in [0, 0.05) is 29.8 Å². The van der Waals surface area contributed by atoms with E-state index in [4.69, 9.17) is 4.74 Å². The summed E-state index contributed by atoms with van der Waals surface area (Å²) in [5.41, 5.74) is -4.48. The Morgan fingerprint density at radius 1 is 0.607 bits per heavy atom. The number of halogens is 8. The third kappa shape index (κ3) is 8.83. The van der Waals surface area contributed by atoms with Crippen molar-refractivity contribution in [1.82, 2.24) is 15.0 Å². The van der Waals surface area contributed by atoms with Gasteiger partial charge in [0.2, 0.25) is 5.95 Å². The minimum Gasteiger partial charge on any atom is -0.457 e. The predicted octanol–water partition coefficient (Wildman–Crippen LogP) is 10.8. The van der Waals surface area contributed by atoms with Gasteiger partial charge in [0.25, 0.3) is 0 Å². The van der Waals surface area contributed by atoms with Crippen LogP contribution in [0.2, 0.25) is 0 Å². The van der Waals surface area contributed by atoms with E-state index in [9.17, 15) is 27.2 Å². The number of benzene rings is 4. The van der Waals surface area contributed by atoms with Crippen LogP contribution in [0.1, 0.15) is 76.9 Å². The lowest BCUT2D eigenvalue weighted by Crippen LogP contribution is -2.28. The van der Waals surface area contributed by atoms with Crippen LogP contribution in [-0.4, -0.2) is 45.9 Å². The molecule has 0 bridgehead atoms. The van der Waals surface area contributed by atoms with Crippen LogP contribution in [0, 0.1) is 53.5 Å². The van der Waals surface area contributed by atoms with E-state index < -0.39 is 79.7 Å². The van der Waals surface area contributed by atoms with Crippen molar-refractivity contribution in [1.29, 1.82) is 0 Å². The molecule has 4 aromatic carbocycles. The molecule has 294 valence electrons. The summed E-state index contributed by atoms with van der Waals surface area (Å²) in [5, 5.41) is 0.0235. The molecule has 0 radical (unpaired) electrons. The standard InChI is InChI=1S/C39H32F8N4O3S2/c1-5-7-17-51(18-8-6-2)37-48-38(55-4)50-39(49-37)56-36-32(46)30(44)25(31(45)33(36)47)35(53)21-11-15-23(16-12-21)54-22-13-9-20(10-14-22)34(52)24-28(42)26(40)19(3)27(41)29(24)43/h9-16H,5-8,17-18H2,1-4H3. The Bertz CT molecular complexity index is 2210. The molecule has 0 aliphatic rings. The minimum absolute atomic E-state index is 0.0507. The monoisotopic (exact) mass is 820 g/mol. The second kappa shape index (κ2) is 18.3. The van der Waals surface area contributed by atoms with Crippen LogP contribution in [0.4, 0.5) is 41.1 Å². The lowest BCUT2D eigenvalue weighted by atomic mass is 10.00. The van der Waals surface area contributed by atoms with Crippen molar-refractivity contribution in [3.8, 4) is 11.5 Å². The van der Waals surface area contributed by atoms with Crippen LogP contribution >= 0.6 is 23.5 Å². The second-order valence-corrected chi connectivity index (χ2v) is 14.0. The number of aromatic nitrogens is 3. The molecule has 0 spiro atoms. The molecule has 56 heavy (non-hydrogen) atoms. The molecule has 7 nitrogen and oxygen atoms in total. The Kier molecular flexibility index (Phi) is 13.7. The summed E-state index contributed by atoms with van der Waals surface area (Å²) < 4.78 is 124. The van der Waals surface area contributed by atoms with Gasteiger partial charge in [0.1, 0.15) is 22.6 Å². The Morgan fingerprint density at radius 2 is 1.02 bits per heavy atom. The van der Waals surface area contributed by atoms with Crippen LogP contribution in [-0.2, 0) is 0 Å². The highest BCUT2D eigenvalue weighted by atomic mass is 32.2. The quantitative estimate of drug-likeness (QED) is 0.0418. The molecule has 0 saturated heterocycles. The number of carbonyl (C=O) groups excluding carboxylic acids is 2. The molecule has 0 amide bonds. The van der Waals surface area contributed by atoms with Gasteiger partial charge in [-0.05, 0) is 86.3 Å². The maximum absolute atomic E-state index is 15.5. The van der Waals surface area contributed by atoms with Gasteiger partial charge in [-0.1, -0.05) is 38.5 Å². The van der Waals surface area contributed by atoms with Gasteiger partial charge in [-0.15, -0.1) is 0 Å². The predicted molar refractivity (Wildman–Crippen MR) is 195 cm³/mol. The third-order valence-corrected chi connectivity index (χ3v) is 9.91. The lowest BCUT2D eigenvalue weighted by molar-refractivity contribution is 0.102. The SMILES string of the molecule is CCCCN(CCCC)c1nc(SC)nc(Sc2c(F)c(F)c(C(=O)c3ccc(Oc4ccc(C(=O)c5c(F)c(F)c(C)c(F)c5F)cc4)cc3)c(F)c2F)n1. The smallest absolute Gasteiger partial charge is 0.230 e. The van der Waals surface area contributed by atoms with Gasteiger partial charge in [-0.3, -0.25) is 9.59 Å². The summed E-state index contributed by atoms with van der Waals surface area (Å²) in [6.07, 6.45) is 5.13. The summed E-state index contributed by atoms with van der Waals surface area (Å²) >= 11 is 1.41. The number of ketones is 2. The first-order chi connectivity index (χ1) is 26.7. The second-order valence-electron chi connectivity index (χ2n) is 12.2. The molecular weight excluding hydrogens is 789 g/mol. The summed E-state index contributed by atoms with van der Waals surface area (Å²) in [6, 6.07) is 9.13. The number of carbonyl (C=O) groups is 2. The first-order valence-electron chi connectivity index (χ1n) is 17.1. The number of ether oxygens (including phenoxy) is 1. The molecule has 0 aliphatic carbocycles. The van der Waals surface area contributed by atoms with Gasteiger partial charge in [-0.2, -0.15) is 15.0 Å². The van der Waals surface area contributed by atoms with Crippen LogP contribution < -0.4 is 9.64 Å².